The monoisotopic (exact) mass is 253 g/mol. The zero-order valence-electron chi connectivity index (χ0n) is 9.60. The fourth-order valence-corrected chi connectivity index (χ4v) is 1.99. The number of thiol groups is 1. The van der Waals surface area contributed by atoms with E-state index in [1.807, 2.05) is 25.1 Å². The maximum atomic E-state index is 10.8. The molecule has 0 radical (unpaired) electrons. The minimum absolute atomic E-state index is 0.253. The Kier molecular flexibility index (Phi) is 3.19. The average Bonchev–Trinajstić information content (AvgIpc) is 2.73. The lowest BCUT2D eigenvalue weighted by atomic mass is 9.94. The van der Waals surface area contributed by atoms with Gasteiger partial charge in [-0.05, 0) is 31.0 Å². The molecule has 1 unspecified atom stereocenters. The number of carbonyl (C=O) groups excluding carboxylic acids is 1. The molecule has 1 atom stereocenters. The molecule has 1 aromatic rings. The van der Waals surface area contributed by atoms with Gasteiger partial charge >= 0.3 is 0 Å². The van der Waals surface area contributed by atoms with E-state index in [1.54, 1.807) is 0 Å². The quantitative estimate of drug-likeness (QED) is 0.805. The first-order chi connectivity index (χ1) is 7.99. The van der Waals surface area contributed by atoms with Crippen molar-refractivity contribution in [2.75, 3.05) is 6.79 Å². The molecule has 2 rings (SSSR count). The smallest absolute Gasteiger partial charge is 0.231 e. The lowest BCUT2D eigenvalue weighted by Gasteiger charge is -2.23. The normalized spacial score (nSPS) is 16.6. The van der Waals surface area contributed by atoms with Crippen molar-refractivity contribution in [2.45, 2.75) is 24.5 Å². The van der Waals surface area contributed by atoms with Crippen LogP contribution in [0.4, 0.5) is 0 Å². The highest BCUT2D eigenvalue weighted by atomic mass is 32.1. The van der Waals surface area contributed by atoms with E-state index >= 15 is 0 Å². The van der Waals surface area contributed by atoms with E-state index in [-0.39, 0.29) is 12.7 Å². The van der Waals surface area contributed by atoms with Gasteiger partial charge in [-0.25, -0.2) is 0 Å². The number of hydrogen-bond donors (Lipinski definition) is 2. The van der Waals surface area contributed by atoms with Gasteiger partial charge < -0.3 is 15.2 Å². The van der Waals surface area contributed by atoms with E-state index in [0.717, 1.165) is 17.1 Å². The van der Waals surface area contributed by atoms with Crippen molar-refractivity contribution in [3.63, 3.8) is 0 Å². The van der Waals surface area contributed by atoms with E-state index in [2.05, 4.69) is 12.6 Å². The highest BCUT2D eigenvalue weighted by Crippen LogP contribution is 2.39. The number of benzene rings is 1. The molecule has 1 amide bonds. The Hall–Kier alpha value is -1.36. The second-order valence-electron chi connectivity index (χ2n) is 4.31. The molecule has 0 bridgehead atoms. The predicted octanol–water partition coefficient (Wildman–Crippen LogP) is 1.83. The molecule has 5 heteroatoms. The third-order valence-corrected chi connectivity index (χ3v) is 3.33. The molecule has 0 fully saturated rings. The van der Waals surface area contributed by atoms with Gasteiger partial charge in [-0.3, -0.25) is 4.79 Å². The van der Waals surface area contributed by atoms with Gasteiger partial charge in [0.1, 0.15) is 0 Å². The Morgan fingerprint density at radius 1 is 1.47 bits per heavy atom. The highest BCUT2D eigenvalue weighted by molar-refractivity contribution is 7.81. The van der Waals surface area contributed by atoms with Gasteiger partial charge in [-0.2, -0.15) is 12.6 Å². The molecule has 1 aromatic carbocycles. The minimum Gasteiger partial charge on any atom is -0.454 e. The molecule has 0 aromatic heterocycles. The number of hydrogen-bond acceptors (Lipinski definition) is 4. The summed E-state index contributed by atoms with van der Waals surface area (Å²) in [7, 11) is 0. The molecule has 0 aliphatic carbocycles. The molecule has 1 heterocycles. The SMILES string of the molecule is CC(S)(CCC(N)=O)c1ccc2c(c1)OCO2. The molecule has 4 nitrogen and oxygen atoms in total. The molecule has 92 valence electrons. The molecule has 17 heavy (non-hydrogen) atoms. The van der Waals surface area contributed by atoms with Crippen molar-refractivity contribution < 1.29 is 14.3 Å². The summed E-state index contributed by atoms with van der Waals surface area (Å²) in [5.74, 6) is 1.15. The Labute approximate surface area is 105 Å². The fraction of sp³-hybridized carbons (Fsp3) is 0.417. The summed E-state index contributed by atoms with van der Waals surface area (Å²) in [5.41, 5.74) is 6.14. The molecule has 1 aliphatic heterocycles. The van der Waals surface area contributed by atoms with Gasteiger partial charge in [-0.15, -0.1) is 0 Å². The van der Waals surface area contributed by atoms with E-state index in [4.69, 9.17) is 15.2 Å². The standard InChI is InChI=1S/C12H15NO3S/c1-12(17,5-4-11(13)14)8-2-3-9-10(6-8)16-7-15-9/h2-3,6,17H,4-5,7H2,1H3,(H2,13,14). The molecular formula is C12H15NO3S. The lowest BCUT2D eigenvalue weighted by Crippen LogP contribution is -2.19. The van der Waals surface area contributed by atoms with Crippen LogP contribution in [0, 0.1) is 0 Å². The highest BCUT2D eigenvalue weighted by Gasteiger charge is 2.25. The third kappa shape index (κ3) is 2.66. The summed E-state index contributed by atoms with van der Waals surface area (Å²) in [5, 5.41) is 0. The number of nitrogens with two attached hydrogens (primary N) is 1. The van der Waals surface area contributed by atoms with Crippen LogP contribution in [-0.2, 0) is 9.54 Å². The second kappa shape index (κ2) is 4.49. The van der Waals surface area contributed by atoms with Crippen molar-refractivity contribution in [2.24, 2.45) is 5.73 Å². The van der Waals surface area contributed by atoms with Crippen molar-refractivity contribution in [1.82, 2.24) is 0 Å². The number of ether oxygens (including phenoxy) is 2. The van der Waals surface area contributed by atoms with Gasteiger partial charge in [0.2, 0.25) is 12.7 Å². The molecule has 0 saturated carbocycles. The van der Waals surface area contributed by atoms with Gasteiger partial charge in [0.25, 0.3) is 0 Å². The summed E-state index contributed by atoms with van der Waals surface area (Å²) in [4.78, 5) is 10.8. The summed E-state index contributed by atoms with van der Waals surface area (Å²) in [6.45, 7) is 2.21. The first-order valence-electron chi connectivity index (χ1n) is 5.40. The van der Waals surface area contributed by atoms with Crippen molar-refractivity contribution in [3.8, 4) is 11.5 Å². The Balaban J connectivity index is 2.18. The number of fused-ring (bicyclic) bond motifs is 1. The minimum atomic E-state index is -0.407. The summed E-state index contributed by atoms with van der Waals surface area (Å²) < 4.78 is 10.1. The van der Waals surface area contributed by atoms with E-state index < -0.39 is 4.75 Å². The van der Waals surface area contributed by atoms with Gasteiger partial charge in [0.05, 0.1) is 0 Å². The molecular weight excluding hydrogens is 238 g/mol. The van der Waals surface area contributed by atoms with Crippen molar-refractivity contribution in [3.05, 3.63) is 23.8 Å². The van der Waals surface area contributed by atoms with Gasteiger partial charge in [0, 0.05) is 11.2 Å². The number of rotatable bonds is 4. The van der Waals surface area contributed by atoms with Crippen LogP contribution in [0.3, 0.4) is 0 Å². The third-order valence-electron chi connectivity index (χ3n) is 2.85. The van der Waals surface area contributed by atoms with Crippen LogP contribution in [-0.4, -0.2) is 12.7 Å². The van der Waals surface area contributed by atoms with Crippen LogP contribution < -0.4 is 15.2 Å². The number of primary amides is 1. The Bertz CT molecular complexity index is 445. The largest absolute Gasteiger partial charge is 0.454 e. The van der Waals surface area contributed by atoms with E-state index in [0.29, 0.717) is 12.8 Å². The van der Waals surface area contributed by atoms with Crippen LogP contribution in [0.25, 0.3) is 0 Å². The maximum Gasteiger partial charge on any atom is 0.231 e. The first kappa shape index (κ1) is 12.1. The number of amides is 1. The van der Waals surface area contributed by atoms with Crippen molar-refractivity contribution in [1.29, 1.82) is 0 Å². The predicted molar refractivity (Wildman–Crippen MR) is 67.3 cm³/mol. The van der Waals surface area contributed by atoms with Crippen molar-refractivity contribution >= 4 is 18.5 Å². The zero-order valence-corrected chi connectivity index (χ0v) is 10.5. The zero-order chi connectivity index (χ0) is 12.5. The van der Waals surface area contributed by atoms with Gasteiger partial charge in [0.15, 0.2) is 11.5 Å². The van der Waals surface area contributed by atoms with E-state index in [9.17, 15) is 4.79 Å². The second-order valence-corrected chi connectivity index (χ2v) is 5.30. The Morgan fingerprint density at radius 3 is 2.88 bits per heavy atom. The first-order valence-corrected chi connectivity index (χ1v) is 5.84. The number of carbonyl (C=O) groups is 1. The van der Waals surface area contributed by atoms with E-state index in [1.165, 1.54) is 0 Å². The van der Waals surface area contributed by atoms with Crippen LogP contribution in [0.15, 0.2) is 18.2 Å². The summed E-state index contributed by atoms with van der Waals surface area (Å²) >= 11 is 4.59. The van der Waals surface area contributed by atoms with Gasteiger partial charge in [-0.1, -0.05) is 6.07 Å². The Morgan fingerprint density at radius 2 is 2.18 bits per heavy atom. The van der Waals surface area contributed by atoms with Crippen LogP contribution in [0.1, 0.15) is 25.3 Å². The molecule has 0 spiro atoms. The lowest BCUT2D eigenvalue weighted by molar-refractivity contribution is -0.118. The van der Waals surface area contributed by atoms with Crippen LogP contribution in [0.5, 0.6) is 11.5 Å². The molecule has 2 N–H and O–H groups in total. The molecule has 0 saturated heterocycles. The summed E-state index contributed by atoms with van der Waals surface area (Å²) in [6, 6.07) is 5.69. The topological polar surface area (TPSA) is 61.6 Å². The summed E-state index contributed by atoms with van der Waals surface area (Å²) in [6.07, 6.45) is 0.902. The van der Waals surface area contributed by atoms with Crippen LogP contribution in [0.2, 0.25) is 0 Å². The fourth-order valence-electron chi connectivity index (χ4n) is 1.74. The molecule has 1 aliphatic rings. The van der Waals surface area contributed by atoms with Crippen LogP contribution >= 0.6 is 12.6 Å². The maximum absolute atomic E-state index is 10.8. The average molecular weight is 253 g/mol.